The maximum absolute atomic E-state index is 12.7. The lowest BCUT2D eigenvalue weighted by Crippen LogP contribution is -2.44. The van der Waals surface area contributed by atoms with Gasteiger partial charge in [0.25, 0.3) is 11.8 Å². The first-order chi connectivity index (χ1) is 13.9. The number of amides is 2. The third kappa shape index (κ3) is 4.95. The molecule has 1 heterocycles. The van der Waals surface area contributed by atoms with Crippen LogP contribution in [0.3, 0.4) is 0 Å². The fraction of sp³-hybridized carbons (Fsp3) is 0.100. The molecule has 3 rings (SSSR count). The highest BCUT2D eigenvalue weighted by atomic mass is 35.5. The van der Waals surface area contributed by atoms with E-state index in [1.165, 1.54) is 0 Å². The van der Waals surface area contributed by atoms with Gasteiger partial charge in [-0.25, -0.2) is 0 Å². The van der Waals surface area contributed by atoms with Crippen LogP contribution in [0.5, 0.6) is 5.75 Å². The molecule has 146 valence electrons. The van der Waals surface area contributed by atoms with Crippen LogP contribution >= 0.6 is 35.6 Å². The largest absolute Gasteiger partial charge is 0.479 e. The van der Waals surface area contributed by atoms with Gasteiger partial charge in [-0.3, -0.25) is 15.0 Å². The van der Waals surface area contributed by atoms with Gasteiger partial charge in [-0.15, -0.1) is 0 Å². The Labute approximate surface area is 182 Å². The quantitative estimate of drug-likeness (QED) is 0.553. The van der Waals surface area contributed by atoms with Crippen LogP contribution < -0.4 is 10.2 Å². The summed E-state index contributed by atoms with van der Waals surface area (Å²) in [5.41, 5.74) is 4.44. The second-order valence-electron chi connectivity index (χ2n) is 5.96. The van der Waals surface area contributed by atoms with Crippen molar-refractivity contribution in [2.75, 3.05) is 6.61 Å². The summed E-state index contributed by atoms with van der Waals surface area (Å²) in [5, 5.41) is 9.86. The van der Waals surface area contributed by atoms with E-state index < -0.39 is 11.8 Å². The van der Waals surface area contributed by atoms with Gasteiger partial charge in [0, 0.05) is 0 Å². The molecule has 0 spiro atoms. The Morgan fingerprint density at radius 3 is 2.72 bits per heavy atom. The van der Waals surface area contributed by atoms with Crippen molar-refractivity contribution in [2.24, 2.45) is 0 Å². The molecule has 1 fully saturated rings. The highest BCUT2D eigenvalue weighted by Crippen LogP contribution is 2.32. The lowest BCUT2D eigenvalue weighted by molar-refractivity contribution is -0.123. The Morgan fingerprint density at radius 1 is 1.34 bits per heavy atom. The molecule has 0 atom stereocenters. The van der Waals surface area contributed by atoms with Gasteiger partial charge >= 0.3 is 0 Å². The molecular formula is C20H14ClN3O3S2. The number of nitriles is 1. The molecule has 0 unspecified atom stereocenters. The van der Waals surface area contributed by atoms with Gasteiger partial charge < -0.3 is 4.74 Å². The minimum atomic E-state index is -0.522. The van der Waals surface area contributed by atoms with Crippen molar-refractivity contribution in [2.45, 2.75) is 6.92 Å². The number of hydrogen-bond donors (Lipinski definition) is 1. The molecule has 0 aliphatic carbocycles. The molecule has 2 amide bonds. The molecule has 0 saturated carbocycles. The molecule has 0 radical (unpaired) electrons. The summed E-state index contributed by atoms with van der Waals surface area (Å²) >= 11 is 12.4. The molecule has 1 aliphatic rings. The number of thioether (sulfide) groups is 1. The number of hydrogen-bond acceptors (Lipinski definition) is 6. The zero-order valence-electron chi connectivity index (χ0n) is 15.1. The highest BCUT2D eigenvalue weighted by Gasteiger charge is 2.34. The first-order valence-electron chi connectivity index (χ1n) is 8.34. The van der Waals surface area contributed by atoms with Crippen molar-refractivity contribution in [1.82, 2.24) is 10.4 Å². The monoisotopic (exact) mass is 443 g/mol. The van der Waals surface area contributed by atoms with Crippen molar-refractivity contribution in [3.05, 3.63) is 69.1 Å². The molecule has 29 heavy (non-hydrogen) atoms. The van der Waals surface area contributed by atoms with Crippen molar-refractivity contribution >= 4 is 57.8 Å². The number of aryl methyl sites for hydroxylation is 1. The summed E-state index contributed by atoms with van der Waals surface area (Å²) in [6.45, 7) is 1.82. The minimum Gasteiger partial charge on any atom is -0.479 e. The van der Waals surface area contributed by atoms with Crippen molar-refractivity contribution in [3.8, 4) is 11.8 Å². The van der Waals surface area contributed by atoms with Crippen LogP contribution in [-0.4, -0.2) is 27.8 Å². The third-order valence-electron chi connectivity index (χ3n) is 3.86. The number of nitrogens with zero attached hydrogens (tertiary/aromatic N) is 2. The van der Waals surface area contributed by atoms with Crippen molar-refractivity contribution in [1.29, 1.82) is 5.26 Å². The Balaban J connectivity index is 1.73. The molecule has 1 aliphatic heterocycles. The molecule has 9 heteroatoms. The SMILES string of the molecule is Cc1ccc(C(=O)NN2C(=O)/C(=C/c3ccc(OCC#N)cc3)SC2=S)c(Cl)c1. The van der Waals surface area contributed by atoms with E-state index in [0.29, 0.717) is 15.7 Å². The van der Waals surface area contributed by atoms with Gasteiger partial charge in [0.15, 0.2) is 10.9 Å². The third-order valence-corrected chi connectivity index (χ3v) is 5.47. The summed E-state index contributed by atoms with van der Waals surface area (Å²) in [5.74, 6) is -0.397. The zero-order valence-corrected chi connectivity index (χ0v) is 17.5. The number of hydrazine groups is 1. The van der Waals surface area contributed by atoms with E-state index in [0.717, 1.165) is 27.9 Å². The average molecular weight is 444 g/mol. The highest BCUT2D eigenvalue weighted by molar-refractivity contribution is 8.26. The van der Waals surface area contributed by atoms with Gasteiger partial charge in [0.1, 0.15) is 11.8 Å². The standard InChI is InChI=1S/C20H14ClN3O3S2/c1-12-2-7-15(16(21)10-12)18(25)23-24-19(26)17(29-20(24)28)11-13-3-5-14(6-4-13)27-9-8-22/h2-7,10-11H,9H2,1H3,(H,23,25)/b17-11-. The second kappa shape index (κ2) is 9.09. The number of nitrogens with one attached hydrogen (secondary N) is 1. The van der Waals surface area contributed by atoms with E-state index in [9.17, 15) is 9.59 Å². The molecule has 6 nitrogen and oxygen atoms in total. The van der Waals surface area contributed by atoms with Crippen LogP contribution in [-0.2, 0) is 4.79 Å². The second-order valence-corrected chi connectivity index (χ2v) is 8.04. The van der Waals surface area contributed by atoms with E-state index in [2.05, 4.69) is 5.43 Å². The van der Waals surface area contributed by atoms with Crippen LogP contribution in [0, 0.1) is 18.3 Å². The number of halogens is 1. The van der Waals surface area contributed by atoms with E-state index in [1.807, 2.05) is 13.0 Å². The zero-order chi connectivity index (χ0) is 21.0. The first-order valence-corrected chi connectivity index (χ1v) is 9.94. The van der Waals surface area contributed by atoms with Gasteiger partial charge in [0.2, 0.25) is 0 Å². The number of carbonyl (C=O) groups excluding carboxylic acids is 2. The maximum atomic E-state index is 12.7. The summed E-state index contributed by atoms with van der Waals surface area (Å²) < 4.78 is 5.41. The summed E-state index contributed by atoms with van der Waals surface area (Å²) in [7, 11) is 0. The smallest absolute Gasteiger partial charge is 0.285 e. The fourth-order valence-corrected chi connectivity index (χ4v) is 3.96. The van der Waals surface area contributed by atoms with Crippen LogP contribution in [0.2, 0.25) is 5.02 Å². The molecular weight excluding hydrogens is 430 g/mol. The molecule has 2 aromatic carbocycles. The summed E-state index contributed by atoms with van der Waals surface area (Å²) in [6, 6.07) is 13.8. The van der Waals surface area contributed by atoms with Gasteiger partial charge in [-0.1, -0.05) is 41.6 Å². The lowest BCUT2D eigenvalue weighted by Gasteiger charge is -2.16. The molecule has 1 saturated heterocycles. The van der Waals surface area contributed by atoms with Gasteiger partial charge in [0.05, 0.1) is 15.5 Å². The van der Waals surface area contributed by atoms with E-state index in [-0.39, 0.29) is 16.5 Å². The van der Waals surface area contributed by atoms with Crippen molar-refractivity contribution in [3.63, 3.8) is 0 Å². The maximum Gasteiger partial charge on any atom is 0.285 e. The number of thiocarbonyl (C=S) groups is 1. The van der Waals surface area contributed by atoms with Crippen LogP contribution in [0.15, 0.2) is 47.4 Å². The van der Waals surface area contributed by atoms with E-state index in [1.54, 1.807) is 48.5 Å². The van der Waals surface area contributed by atoms with Crippen LogP contribution in [0.1, 0.15) is 21.5 Å². The number of carbonyl (C=O) groups is 2. The number of benzene rings is 2. The van der Waals surface area contributed by atoms with Crippen LogP contribution in [0.4, 0.5) is 0 Å². The van der Waals surface area contributed by atoms with E-state index in [4.69, 9.17) is 33.8 Å². The Morgan fingerprint density at radius 2 is 2.07 bits per heavy atom. The fourth-order valence-electron chi connectivity index (χ4n) is 2.46. The van der Waals surface area contributed by atoms with Crippen molar-refractivity contribution < 1.29 is 14.3 Å². The number of rotatable bonds is 5. The topological polar surface area (TPSA) is 82.4 Å². The molecule has 1 N–H and O–H groups in total. The first kappa shape index (κ1) is 20.9. The molecule has 0 bridgehead atoms. The summed E-state index contributed by atoms with van der Waals surface area (Å²) in [4.78, 5) is 25.5. The minimum absolute atomic E-state index is 0.0390. The van der Waals surface area contributed by atoms with E-state index >= 15 is 0 Å². The molecule has 0 aromatic heterocycles. The predicted molar refractivity (Wildman–Crippen MR) is 116 cm³/mol. The average Bonchev–Trinajstić information content (AvgIpc) is 2.94. The Hall–Kier alpha value is -2.86. The predicted octanol–water partition coefficient (Wildman–Crippen LogP) is 4.10. The Kier molecular flexibility index (Phi) is 6.54. The lowest BCUT2D eigenvalue weighted by atomic mass is 10.1. The molecule has 2 aromatic rings. The van der Waals surface area contributed by atoms with Gasteiger partial charge in [-0.05, 0) is 60.6 Å². The number of ether oxygens (including phenoxy) is 1. The van der Waals surface area contributed by atoms with Crippen LogP contribution in [0.25, 0.3) is 6.08 Å². The normalized spacial score (nSPS) is 14.8. The van der Waals surface area contributed by atoms with Gasteiger partial charge in [-0.2, -0.15) is 10.3 Å². The summed E-state index contributed by atoms with van der Waals surface area (Å²) in [6.07, 6.45) is 1.67. The Bertz CT molecular complexity index is 1060.